The third-order valence-electron chi connectivity index (χ3n) is 4.83. The fraction of sp³-hybridized carbons (Fsp3) is 0.647. The lowest BCUT2D eigenvalue weighted by Crippen LogP contribution is -2.48. The zero-order valence-corrected chi connectivity index (χ0v) is 14.6. The molecule has 0 amide bonds. The number of nitrogens with zero attached hydrogens (tertiary/aromatic N) is 2. The summed E-state index contributed by atoms with van der Waals surface area (Å²) >= 11 is 3.21. The van der Waals surface area contributed by atoms with E-state index >= 15 is 0 Å². The van der Waals surface area contributed by atoms with E-state index in [0.717, 1.165) is 44.2 Å². The second-order valence-electron chi connectivity index (χ2n) is 6.52. The number of hydrogen-bond donors (Lipinski definition) is 1. The van der Waals surface area contributed by atoms with Gasteiger partial charge in [0.05, 0.1) is 4.47 Å². The van der Waals surface area contributed by atoms with Gasteiger partial charge in [0.25, 0.3) is 0 Å². The van der Waals surface area contributed by atoms with Gasteiger partial charge in [0.15, 0.2) is 0 Å². The Morgan fingerprint density at radius 2 is 1.77 bits per heavy atom. The molecular weight excluding hydrogens is 345 g/mol. The number of nitrogens with one attached hydrogen (secondary N) is 1. The molecule has 1 aromatic rings. The summed E-state index contributed by atoms with van der Waals surface area (Å²) in [4.78, 5) is 5.04. The Balaban J connectivity index is 1.44. The van der Waals surface area contributed by atoms with Gasteiger partial charge in [-0.2, -0.15) is 0 Å². The van der Waals surface area contributed by atoms with Gasteiger partial charge in [0.1, 0.15) is 5.82 Å². The quantitative estimate of drug-likeness (QED) is 0.879. The highest BCUT2D eigenvalue weighted by Crippen LogP contribution is 2.19. The van der Waals surface area contributed by atoms with Crippen molar-refractivity contribution in [2.75, 3.05) is 45.8 Å². The number of piperidine rings is 1. The highest BCUT2D eigenvalue weighted by atomic mass is 79.9. The minimum absolute atomic E-state index is 0.165. The van der Waals surface area contributed by atoms with Crippen molar-refractivity contribution in [1.82, 2.24) is 15.1 Å². The molecule has 2 aliphatic heterocycles. The van der Waals surface area contributed by atoms with Crippen LogP contribution in [0.5, 0.6) is 0 Å². The molecule has 0 bridgehead atoms. The maximum Gasteiger partial charge on any atom is 0.137 e. The van der Waals surface area contributed by atoms with Crippen LogP contribution in [0.4, 0.5) is 4.39 Å². The third kappa shape index (κ3) is 4.51. The van der Waals surface area contributed by atoms with Crippen LogP contribution < -0.4 is 5.32 Å². The molecule has 0 atom stereocenters. The first kappa shape index (κ1) is 16.4. The van der Waals surface area contributed by atoms with E-state index in [1.807, 2.05) is 6.07 Å². The Kier molecular flexibility index (Phi) is 5.85. The van der Waals surface area contributed by atoms with Crippen LogP contribution in [0.15, 0.2) is 22.7 Å². The molecule has 0 spiro atoms. The topological polar surface area (TPSA) is 18.5 Å². The summed E-state index contributed by atoms with van der Waals surface area (Å²) in [7, 11) is 0. The van der Waals surface area contributed by atoms with E-state index in [0.29, 0.717) is 4.47 Å². The van der Waals surface area contributed by atoms with Crippen molar-refractivity contribution in [3.8, 4) is 0 Å². The summed E-state index contributed by atoms with van der Waals surface area (Å²) in [6, 6.07) is 5.46. The summed E-state index contributed by atoms with van der Waals surface area (Å²) in [6.45, 7) is 8.92. The Labute approximate surface area is 141 Å². The normalized spacial score (nSPS) is 22.1. The third-order valence-corrected chi connectivity index (χ3v) is 5.47. The molecular formula is C17H25BrFN3. The average Bonchev–Trinajstić information content (AvgIpc) is 2.54. The molecule has 0 saturated carbocycles. The van der Waals surface area contributed by atoms with Crippen molar-refractivity contribution in [1.29, 1.82) is 0 Å². The van der Waals surface area contributed by atoms with Gasteiger partial charge in [-0.05, 0) is 65.5 Å². The molecule has 3 rings (SSSR count). The van der Waals surface area contributed by atoms with Crippen molar-refractivity contribution in [2.24, 2.45) is 5.92 Å². The number of halogens is 2. The van der Waals surface area contributed by atoms with Crippen LogP contribution in [-0.2, 0) is 6.54 Å². The Morgan fingerprint density at radius 1 is 1.09 bits per heavy atom. The molecule has 2 saturated heterocycles. The first-order valence-corrected chi connectivity index (χ1v) is 9.09. The van der Waals surface area contributed by atoms with Crippen molar-refractivity contribution in [3.05, 3.63) is 34.1 Å². The van der Waals surface area contributed by atoms with Gasteiger partial charge in [-0.1, -0.05) is 6.07 Å². The Morgan fingerprint density at radius 3 is 2.45 bits per heavy atom. The second kappa shape index (κ2) is 7.86. The Bertz CT molecular complexity index is 483. The summed E-state index contributed by atoms with van der Waals surface area (Å²) in [5.74, 6) is 0.704. The minimum atomic E-state index is -0.165. The van der Waals surface area contributed by atoms with Crippen LogP contribution in [0.1, 0.15) is 18.4 Å². The molecule has 2 aliphatic rings. The first-order valence-electron chi connectivity index (χ1n) is 8.30. The van der Waals surface area contributed by atoms with Crippen LogP contribution in [0.25, 0.3) is 0 Å². The molecule has 2 heterocycles. The van der Waals surface area contributed by atoms with Gasteiger partial charge in [0, 0.05) is 39.3 Å². The SMILES string of the molecule is Fc1cc(CN2CCN(CC3CCNCC3)CC2)ccc1Br. The largest absolute Gasteiger partial charge is 0.317 e. The molecule has 3 nitrogen and oxygen atoms in total. The molecule has 2 fully saturated rings. The van der Waals surface area contributed by atoms with Crippen molar-refractivity contribution < 1.29 is 4.39 Å². The maximum atomic E-state index is 13.6. The minimum Gasteiger partial charge on any atom is -0.317 e. The molecule has 5 heteroatoms. The lowest BCUT2D eigenvalue weighted by molar-refractivity contribution is 0.107. The predicted octanol–water partition coefficient (Wildman–Crippen LogP) is 2.71. The fourth-order valence-electron chi connectivity index (χ4n) is 3.46. The van der Waals surface area contributed by atoms with E-state index in [1.54, 1.807) is 12.1 Å². The van der Waals surface area contributed by atoms with E-state index in [9.17, 15) is 4.39 Å². The second-order valence-corrected chi connectivity index (χ2v) is 7.37. The van der Waals surface area contributed by atoms with E-state index in [1.165, 1.54) is 32.5 Å². The molecule has 1 N–H and O–H groups in total. The number of hydrogen-bond acceptors (Lipinski definition) is 3. The summed E-state index contributed by atoms with van der Waals surface area (Å²) in [6.07, 6.45) is 2.64. The van der Waals surface area contributed by atoms with Gasteiger partial charge in [0.2, 0.25) is 0 Å². The summed E-state index contributed by atoms with van der Waals surface area (Å²) < 4.78 is 14.1. The van der Waals surface area contributed by atoms with Gasteiger partial charge in [-0.25, -0.2) is 4.39 Å². The van der Waals surface area contributed by atoms with Crippen molar-refractivity contribution in [2.45, 2.75) is 19.4 Å². The van der Waals surface area contributed by atoms with Gasteiger partial charge in [-0.15, -0.1) is 0 Å². The summed E-state index contributed by atoms with van der Waals surface area (Å²) in [5.41, 5.74) is 1.06. The standard InChI is InChI=1S/C17H25BrFN3/c18-16-2-1-15(11-17(16)19)13-22-9-7-21(8-10-22)12-14-3-5-20-6-4-14/h1-2,11,14,20H,3-10,12-13H2. The average molecular weight is 370 g/mol. The van der Waals surface area contributed by atoms with Crippen LogP contribution >= 0.6 is 15.9 Å². The van der Waals surface area contributed by atoms with E-state index in [2.05, 4.69) is 31.0 Å². The fourth-order valence-corrected chi connectivity index (χ4v) is 3.70. The van der Waals surface area contributed by atoms with Crippen LogP contribution in [0.2, 0.25) is 0 Å². The molecule has 0 aliphatic carbocycles. The van der Waals surface area contributed by atoms with Gasteiger partial charge < -0.3 is 10.2 Å². The molecule has 22 heavy (non-hydrogen) atoms. The van der Waals surface area contributed by atoms with E-state index in [4.69, 9.17) is 0 Å². The van der Waals surface area contributed by atoms with Crippen molar-refractivity contribution in [3.63, 3.8) is 0 Å². The molecule has 0 aromatic heterocycles. The summed E-state index contributed by atoms with van der Waals surface area (Å²) in [5, 5.41) is 3.43. The zero-order chi connectivity index (χ0) is 15.4. The molecule has 0 unspecified atom stereocenters. The van der Waals surface area contributed by atoms with Crippen molar-refractivity contribution >= 4 is 15.9 Å². The molecule has 0 radical (unpaired) electrons. The monoisotopic (exact) mass is 369 g/mol. The van der Waals surface area contributed by atoms with Crippen LogP contribution in [0.3, 0.4) is 0 Å². The number of piperazine rings is 1. The van der Waals surface area contributed by atoms with Gasteiger partial charge >= 0.3 is 0 Å². The highest BCUT2D eigenvalue weighted by Gasteiger charge is 2.21. The van der Waals surface area contributed by atoms with E-state index in [-0.39, 0.29) is 5.82 Å². The lowest BCUT2D eigenvalue weighted by Gasteiger charge is -2.37. The number of benzene rings is 1. The molecule has 1 aromatic carbocycles. The van der Waals surface area contributed by atoms with Gasteiger partial charge in [-0.3, -0.25) is 4.90 Å². The molecule has 122 valence electrons. The van der Waals surface area contributed by atoms with E-state index < -0.39 is 0 Å². The smallest absolute Gasteiger partial charge is 0.137 e. The maximum absolute atomic E-state index is 13.6. The highest BCUT2D eigenvalue weighted by molar-refractivity contribution is 9.10. The zero-order valence-electron chi connectivity index (χ0n) is 13.0. The van der Waals surface area contributed by atoms with Crippen LogP contribution in [-0.4, -0.2) is 55.6 Å². The van der Waals surface area contributed by atoms with Crippen LogP contribution in [0, 0.1) is 11.7 Å². The predicted molar refractivity (Wildman–Crippen MR) is 91.4 cm³/mol. The Hall–Kier alpha value is -0.490. The first-order chi connectivity index (χ1) is 10.7. The lowest BCUT2D eigenvalue weighted by atomic mass is 9.97. The number of rotatable bonds is 4.